The highest BCUT2D eigenvalue weighted by Crippen LogP contribution is 2.75. The van der Waals surface area contributed by atoms with E-state index in [0.717, 1.165) is 10.6 Å². The van der Waals surface area contributed by atoms with E-state index in [0.29, 0.717) is 0 Å². The Kier molecular flexibility index (Phi) is 7.29. The molecule has 1 nitrogen and oxygen atoms in total. The van der Waals surface area contributed by atoms with Crippen molar-refractivity contribution in [2.45, 2.75) is 65.5 Å². The Morgan fingerprint density at radius 1 is 1.15 bits per heavy atom. The first-order chi connectivity index (χ1) is 5.58. The van der Waals surface area contributed by atoms with Crippen LogP contribution in [0.25, 0.3) is 0 Å². The minimum absolute atomic E-state index is 0. The first kappa shape index (κ1) is 15.8. The van der Waals surface area contributed by atoms with Gasteiger partial charge in [0.15, 0.2) is 0 Å². The molecule has 3 atom stereocenters. The van der Waals surface area contributed by atoms with Crippen molar-refractivity contribution in [3.05, 3.63) is 0 Å². The second-order valence-corrected chi connectivity index (χ2v) is 5.21. The molecular weight excluding hydrogens is 177 g/mol. The van der Waals surface area contributed by atoms with Crippen LogP contribution in [0.15, 0.2) is 0 Å². The van der Waals surface area contributed by atoms with Crippen LogP contribution in [0.5, 0.6) is 0 Å². The van der Waals surface area contributed by atoms with Crippen LogP contribution in [-0.4, -0.2) is 5.16 Å². The Labute approximate surface area is 86.9 Å². The molecule has 2 saturated carbocycles. The predicted octanol–water partition coefficient (Wildman–Crippen LogP) is 4.41. The molecule has 3 N–H and O–H groups in total. The number of hydrogen-bond acceptors (Lipinski definition) is 1. The topological polar surface area (TPSA) is 35.0 Å². The van der Waals surface area contributed by atoms with Crippen molar-refractivity contribution >= 4 is 9.24 Å². The molecule has 0 aromatic carbocycles. The zero-order chi connectivity index (χ0) is 9.83. The Bertz CT molecular complexity index is 124. The van der Waals surface area contributed by atoms with Gasteiger partial charge in [0, 0.05) is 0 Å². The molecule has 0 spiro atoms. The average molecular weight is 205 g/mol. The van der Waals surface area contributed by atoms with Gasteiger partial charge in [-0.1, -0.05) is 41.0 Å². The van der Waals surface area contributed by atoms with Crippen LogP contribution in [0.4, 0.5) is 0 Å². The van der Waals surface area contributed by atoms with Crippen molar-refractivity contribution in [2.75, 3.05) is 0 Å². The van der Waals surface area contributed by atoms with Gasteiger partial charge < -0.3 is 6.15 Å². The van der Waals surface area contributed by atoms with Gasteiger partial charge in [0.05, 0.1) is 0 Å². The third kappa shape index (κ3) is 3.22. The van der Waals surface area contributed by atoms with E-state index in [-0.39, 0.29) is 6.15 Å². The summed E-state index contributed by atoms with van der Waals surface area (Å²) in [5.41, 5.74) is 0.789. The summed E-state index contributed by atoms with van der Waals surface area (Å²) < 4.78 is 0. The molecule has 3 unspecified atom stereocenters. The predicted molar refractivity (Wildman–Crippen MR) is 66.7 cm³/mol. The molecule has 0 saturated heterocycles. The summed E-state index contributed by atoms with van der Waals surface area (Å²) in [6, 6.07) is 0. The molecule has 0 aromatic heterocycles. The monoisotopic (exact) mass is 205 g/mol. The van der Waals surface area contributed by atoms with Crippen molar-refractivity contribution < 1.29 is 0 Å². The van der Waals surface area contributed by atoms with Crippen molar-refractivity contribution in [2.24, 2.45) is 5.41 Å². The fourth-order valence-corrected chi connectivity index (χ4v) is 2.44. The summed E-state index contributed by atoms with van der Waals surface area (Å²) in [7, 11) is 2.98. The van der Waals surface area contributed by atoms with Crippen molar-refractivity contribution in [3.63, 3.8) is 0 Å². The van der Waals surface area contributed by atoms with E-state index < -0.39 is 0 Å². The minimum Gasteiger partial charge on any atom is -0.344 e. The lowest BCUT2D eigenvalue weighted by Gasteiger charge is -2.28. The average Bonchev–Trinajstić information content (AvgIpc) is 2.42. The molecule has 0 heterocycles. The highest BCUT2D eigenvalue weighted by Gasteiger charge is 2.67. The van der Waals surface area contributed by atoms with Crippen LogP contribution in [0, 0.1) is 5.41 Å². The van der Waals surface area contributed by atoms with E-state index in [9.17, 15) is 0 Å². The molecule has 0 radical (unpaired) electrons. The Morgan fingerprint density at radius 3 is 1.46 bits per heavy atom. The zero-order valence-corrected chi connectivity index (χ0v) is 11.3. The Balaban J connectivity index is 0. The van der Waals surface area contributed by atoms with Crippen LogP contribution >= 0.6 is 9.24 Å². The first-order valence-corrected chi connectivity index (χ1v) is 5.94. The lowest BCUT2D eigenvalue weighted by molar-refractivity contribution is 0.352. The van der Waals surface area contributed by atoms with Gasteiger partial charge in [-0.15, -0.1) is 9.24 Å². The molecule has 2 aliphatic carbocycles. The normalized spacial score (nSPS) is 37.4. The van der Waals surface area contributed by atoms with Crippen LogP contribution < -0.4 is 6.15 Å². The summed E-state index contributed by atoms with van der Waals surface area (Å²) in [6.07, 6.45) is 5.68. The Hall–Kier alpha value is 0.390. The van der Waals surface area contributed by atoms with E-state index in [1.54, 1.807) is 0 Å². The van der Waals surface area contributed by atoms with Crippen LogP contribution in [-0.2, 0) is 0 Å². The molecule has 2 rings (SSSR count). The Morgan fingerprint density at radius 2 is 1.46 bits per heavy atom. The van der Waals surface area contributed by atoms with Gasteiger partial charge in [-0.25, -0.2) is 0 Å². The smallest absolute Gasteiger partial charge is 0.00905 e. The molecule has 0 amide bonds. The second-order valence-electron chi connectivity index (χ2n) is 4.10. The second kappa shape index (κ2) is 5.98. The SMILES string of the molecule is CC.CC12CCC1(P)C2.CCC.N. The molecular formula is C11H28NP. The zero-order valence-electron chi connectivity index (χ0n) is 10.1. The summed E-state index contributed by atoms with van der Waals surface area (Å²) in [4.78, 5) is 0. The maximum absolute atomic E-state index is 2.98. The first-order valence-electron chi connectivity index (χ1n) is 5.37. The standard InChI is InChI=1S/C6H11P.C3H8.C2H6.H3N/c1-5-2-3-6(5,7)4-5;1-3-2;1-2;/h2-4,7H2,1H3;3H2,1-2H3;1-2H3;1H3. The number of fused-ring (bicyclic) bond motifs is 1. The van der Waals surface area contributed by atoms with Gasteiger partial charge in [-0.05, 0) is 29.8 Å². The maximum Gasteiger partial charge on any atom is -0.00905 e. The fraction of sp³-hybridized carbons (Fsp3) is 1.00. The summed E-state index contributed by atoms with van der Waals surface area (Å²) in [5, 5.41) is 0.743. The van der Waals surface area contributed by atoms with E-state index in [4.69, 9.17) is 0 Å². The van der Waals surface area contributed by atoms with Gasteiger partial charge in [-0.2, -0.15) is 0 Å². The van der Waals surface area contributed by atoms with Gasteiger partial charge in [0.1, 0.15) is 0 Å². The third-order valence-electron chi connectivity index (χ3n) is 2.91. The molecule has 2 fully saturated rings. The van der Waals surface area contributed by atoms with E-state index in [1.165, 1.54) is 25.7 Å². The summed E-state index contributed by atoms with van der Waals surface area (Å²) in [5.74, 6) is 0. The molecule has 82 valence electrons. The molecule has 0 bridgehead atoms. The highest BCUT2D eigenvalue weighted by molar-refractivity contribution is 7.20. The van der Waals surface area contributed by atoms with Gasteiger partial charge in [0.25, 0.3) is 0 Å². The van der Waals surface area contributed by atoms with Crippen LogP contribution in [0.2, 0.25) is 0 Å². The van der Waals surface area contributed by atoms with Crippen LogP contribution in [0.3, 0.4) is 0 Å². The highest BCUT2D eigenvalue weighted by atomic mass is 31.0. The number of hydrogen-bond donors (Lipinski definition) is 1. The van der Waals surface area contributed by atoms with E-state index in [1.807, 2.05) is 13.8 Å². The van der Waals surface area contributed by atoms with Gasteiger partial charge in [0.2, 0.25) is 0 Å². The quantitative estimate of drug-likeness (QED) is 0.584. The molecule has 0 aromatic rings. The van der Waals surface area contributed by atoms with Crippen molar-refractivity contribution in [1.29, 1.82) is 0 Å². The molecule has 13 heavy (non-hydrogen) atoms. The minimum atomic E-state index is 0. The third-order valence-corrected chi connectivity index (χ3v) is 4.10. The summed E-state index contributed by atoms with van der Waals surface area (Å²) >= 11 is 0. The van der Waals surface area contributed by atoms with Crippen LogP contribution in [0.1, 0.15) is 60.3 Å². The molecule has 0 aliphatic heterocycles. The number of rotatable bonds is 0. The van der Waals surface area contributed by atoms with Crippen molar-refractivity contribution in [3.8, 4) is 0 Å². The van der Waals surface area contributed by atoms with Gasteiger partial charge >= 0.3 is 0 Å². The van der Waals surface area contributed by atoms with Gasteiger partial charge in [-0.3, -0.25) is 0 Å². The van der Waals surface area contributed by atoms with E-state index in [2.05, 4.69) is 30.0 Å². The molecule has 2 heteroatoms. The lowest BCUT2D eigenvalue weighted by atomic mass is 9.86. The summed E-state index contributed by atoms with van der Waals surface area (Å²) in [6.45, 7) is 10.6. The lowest BCUT2D eigenvalue weighted by Crippen LogP contribution is -2.21. The van der Waals surface area contributed by atoms with Crippen molar-refractivity contribution in [1.82, 2.24) is 6.15 Å². The maximum atomic E-state index is 2.98. The van der Waals surface area contributed by atoms with E-state index >= 15 is 0 Å². The fourth-order valence-electron chi connectivity index (χ4n) is 1.70. The largest absolute Gasteiger partial charge is 0.344 e. The molecule has 2 aliphatic rings.